The second-order valence-electron chi connectivity index (χ2n) is 6.10. The van der Waals surface area contributed by atoms with Crippen molar-refractivity contribution in [1.82, 2.24) is 10.2 Å². The zero-order valence-electron chi connectivity index (χ0n) is 14.1. The highest BCUT2D eigenvalue weighted by atomic mass is 35.5. The molecule has 0 aromatic heterocycles. The topological polar surface area (TPSA) is 87.5 Å². The highest BCUT2D eigenvalue weighted by Gasteiger charge is 2.16. The fourth-order valence-electron chi connectivity index (χ4n) is 2.96. The Bertz CT molecular complexity index is 828. The van der Waals surface area contributed by atoms with Crippen LogP contribution in [0.25, 0.3) is 0 Å². The number of nitro benzene ring substituents is 1. The van der Waals surface area contributed by atoms with Crippen LogP contribution in [0, 0.1) is 10.1 Å². The minimum atomic E-state index is -0.535. The van der Waals surface area contributed by atoms with Crippen molar-refractivity contribution in [3.05, 3.63) is 68.7 Å². The third-order valence-corrected chi connectivity index (χ3v) is 4.65. The van der Waals surface area contributed by atoms with E-state index in [1.165, 1.54) is 29.3 Å². The lowest BCUT2D eigenvalue weighted by molar-refractivity contribution is -0.384. The molecule has 0 bridgehead atoms. The van der Waals surface area contributed by atoms with Gasteiger partial charge in [-0.05, 0) is 23.6 Å². The number of hydrogen-bond acceptors (Lipinski definition) is 4. The summed E-state index contributed by atoms with van der Waals surface area (Å²) in [5, 5.41) is 16.2. The van der Waals surface area contributed by atoms with E-state index in [2.05, 4.69) is 33.7 Å². The van der Waals surface area contributed by atoms with Crippen molar-refractivity contribution >= 4 is 29.0 Å². The number of hydrogen-bond donors (Lipinski definition) is 2. The van der Waals surface area contributed by atoms with E-state index in [0.29, 0.717) is 12.2 Å². The van der Waals surface area contributed by atoms with E-state index in [-0.39, 0.29) is 10.7 Å². The van der Waals surface area contributed by atoms with Crippen LogP contribution < -0.4 is 10.6 Å². The number of nitrogens with zero attached hydrogens (tertiary/aromatic N) is 2. The van der Waals surface area contributed by atoms with Gasteiger partial charge in [0.05, 0.1) is 15.6 Å². The van der Waals surface area contributed by atoms with Gasteiger partial charge in [-0.25, -0.2) is 4.79 Å². The number of nitro groups is 1. The molecule has 2 aromatic carbocycles. The Morgan fingerprint density at radius 1 is 1.23 bits per heavy atom. The van der Waals surface area contributed by atoms with Gasteiger partial charge in [0.1, 0.15) is 0 Å². The molecule has 136 valence electrons. The molecule has 7 nitrogen and oxygen atoms in total. The first-order valence-electron chi connectivity index (χ1n) is 8.31. The standard InChI is InChI=1S/C18H19ClN4O3/c19-16-11-15(23(25)26)5-6-17(16)21-18(24)20-8-10-22-9-7-13-3-1-2-4-14(13)12-22/h1-6,11H,7-10,12H2,(H2,20,21,24). The van der Waals surface area contributed by atoms with Crippen molar-refractivity contribution < 1.29 is 9.72 Å². The summed E-state index contributed by atoms with van der Waals surface area (Å²) in [5.41, 5.74) is 2.94. The Hall–Kier alpha value is -2.64. The quantitative estimate of drug-likeness (QED) is 0.620. The summed E-state index contributed by atoms with van der Waals surface area (Å²) in [6.45, 7) is 3.09. The van der Waals surface area contributed by atoms with Crippen LogP contribution in [0.2, 0.25) is 5.02 Å². The molecule has 0 atom stereocenters. The van der Waals surface area contributed by atoms with Crippen molar-refractivity contribution in [3.8, 4) is 0 Å². The van der Waals surface area contributed by atoms with Gasteiger partial charge in [-0.1, -0.05) is 35.9 Å². The Balaban J connectivity index is 1.46. The molecule has 2 amide bonds. The van der Waals surface area contributed by atoms with Crippen molar-refractivity contribution in [1.29, 1.82) is 0 Å². The second kappa shape index (κ2) is 8.16. The predicted molar refractivity (Wildman–Crippen MR) is 101 cm³/mol. The number of fused-ring (bicyclic) bond motifs is 1. The predicted octanol–water partition coefficient (Wildman–Crippen LogP) is 3.43. The zero-order valence-corrected chi connectivity index (χ0v) is 14.8. The van der Waals surface area contributed by atoms with Crippen LogP contribution in [-0.4, -0.2) is 35.5 Å². The molecule has 1 aliphatic heterocycles. The SMILES string of the molecule is O=C(NCCN1CCc2ccccc2C1)Nc1ccc([N+](=O)[O-])cc1Cl. The first-order valence-corrected chi connectivity index (χ1v) is 8.68. The number of urea groups is 1. The maximum atomic E-state index is 12.0. The Morgan fingerprint density at radius 3 is 2.73 bits per heavy atom. The minimum absolute atomic E-state index is 0.119. The number of nitrogens with one attached hydrogen (secondary N) is 2. The van der Waals surface area contributed by atoms with Crippen LogP contribution in [0.5, 0.6) is 0 Å². The molecule has 2 N–H and O–H groups in total. The Labute approximate surface area is 156 Å². The molecule has 0 saturated heterocycles. The van der Waals surface area contributed by atoms with Gasteiger partial charge in [0, 0.05) is 38.3 Å². The van der Waals surface area contributed by atoms with Crippen molar-refractivity contribution in [2.24, 2.45) is 0 Å². The van der Waals surface area contributed by atoms with E-state index in [4.69, 9.17) is 11.6 Å². The number of carbonyl (C=O) groups excluding carboxylic acids is 1. The van der Waals surface area contributed by atoms with E-state index in [9.17, 15) is 14.9 Å². The maximum absolute atomic E-state index is 12.0. The second-order valence-corrected chi connectivity index (χ2v) is 6.50. The Kier molecular flexibility index (Phi) is 5.70. The van der Waals surface area contributed by atoms with Gasteiger partial charge in [-0.3, -0.25) is 15.0 Å². The molecule has 8 heteroatoms. The number of rotatable bonds is 5. The average Bonchev–Trinajstić information content (AvgIpc) is 2.63. The molecule has 0 saturated carbocycles. The molecular formula is C18H19ClN4O3. The molecule has 2 aromatic rings. The summed E-state index contributed by atoms with van der Waals surface area (Å²) in [6, 6.07) is 11.9. The molecule has 0 fully saturated rings. The van der Waals surface area contributed by atoms with E-state index >= 15 is 0 Å². The van der Waals surface area contributed by atoms with Crippen molar-refractivity contribution in [2.45, 2.75) is 13.0 Å². The molecule has 3 rings (SSSR count). The Morgan fingerprint density at radius 2 is 2.00 bits per heavy atom. The van der Waals surface area contributed by atoms with E-state index in [1.54, 1.807) is 0 Å². The summed E-state index contributed by atoms with van der Waals surface area (Å²) >= 11 is 5.97. The maximum Gasteiger partial charge on any atom is 0.319 e. The molecule has 1 heterocycles. The number of anilines is 1. The van der Waals surface area contributed by atoms with Crippen LogP contribution in [-0.2, 0) is 13.0 Å². The normalized spacial score (nSPS) is 13.7. The number of amides is 2. The summed E-state index contributed by atoms with van der Waals surface area (Å²) in [7, 11) is 0. The first-order chi connectivity index (χ1) is 12.5. The lowest BCUT2D eigenvalue weighted by Gasteiger charge is -2.28. The zero-order chi connectivity index (χ0) is 18.5. The van der Waals surface area contributed by atoms with Crippen molar-refractivity contribution in [2.75, 3.05) is 25.0 Å². The van der Waals surface area contributed by atoms with Crippen LogP contribution >= 0.6 is 11.6 Å². The lowest BCUT2D eigenvalue weighted by atomic mass is 10.00. The largest absolute Gasteiger partial charge is 0.337 e. The van der Waals surface area contributed by atoms with Crippen LogP contribution in [0.15, 0.2) is 42.5 Å². The van der Waals surface area contributed by atoms with Crippen LogP contribution in [0.4, 0.5) is 16.2 Å². The van der Waals surface area contributed by atoms with Crippen LogP contribution in [0.1, 0.15) is 11.1 Å². The van der Waals surface area contributed by atoms with E-state index in [1.807, 2.05) is 6.07 Å². The van der Waals surface area contributed by atoms with Gasteiger partial charge in [0.2, 0.25) is 0 Å². The summed E-state index contributed by atoms with van der Waals surface area (Å²) in [4.78, 5) is 24.4. The first kappa shape index (κ1) is 18.2. The van der Waals surface area contributed by atoms with Gasteiger partial charge in [-0.15, -0.1) is 0 Å². The fourth-order valence-corrected chi connectivity index (χ4v) is 3.18. The molecule has 0 radical (unpaired) electrons. The summed E-state index contributed by atoms with van der Waals surface area (Å²) < 4.78 is 0. The monoisotopic (exact) mass is 374 g/mol. The average molecular weight is 375 g/mol. The number of halogens is 1. The van der Waals surface area contributed by atoms with E-state index in [0.717, 1.165) is 26.1 Å². The molecule has 0 spiro atoms. The highest BCUT2D eigenvalue weighted by molar-refractivity contribution is 6.33. The number of carbonyl (C=O) groups is 1. The smallest absolute Gasteiger partial charge is 0.319 e. The third-order valence-electron chi connectivity index (χ3n) is 4.33. The van der Waals surface area contributed by atoms with Gasteiger partial charge in [0.15, 0.2) is 0 Å². The van der Waals surface area contributed by atoms with Gasteiger partial charge in [-0.2, -0.15) is 0 Å². The highest BCUT2D eigenvalue weighted by Crippen LogP contribution is 2.26. The molecule has 0 unspecified atom stereocenters. The number of benzene rings is 2. The third kappa shape index (κ3) is 4.50. The van der Waals surface area contributed by atoms with Gasteiger partial charge < -0.3 is 10.6 Å². The van der Waals surface area contributed by atoms with Gasteiger partial charge in [0.25, 0.3) is 5.69 Å². The molecule has 1 aliphatic rings. The number of non-ortho nitro benzene ring substituents is 1. The summed E-state index contributed by atoms with van der Waals surface area (Å²) in [6.07, 6.45) is 1.01. The molecule has 0 aliphatic carbocycles. The lowest BCUT2D eigenvalue weighted by Crippen LogP contribution is -2.39. The van der Waals surface area contributed by atoms with E-state index < -0.39 is 11.0 Å². The van der Waals surface area contributed by atoms with Gasteiger partial charge >= 0.3 is 6.03 Å². The fraction of sp³-hybridized carbons (Fsp3) is 0.278. The molecule has 26 heavy (non-hydrogen) atoms. The molecular weight excluding hydrogens is 356 g/mol. The van der Waals surface area contributed by atoms with Crippen LogP contribution in [0.3, 0.4) is 0 Å². The minimum Gasteiger partial charge on any atom is -0.337 e. The van der Waals surface area contributed by atoms with Crippen molar-refractivity contribution in [3.63, 3.8) is 0 Å². The summed E-state index contributed by atoms with van der Waals surface area (Å²) in [5.74, 6) is 0.